The zero-order chi connectivity index (χ0) is 19.0. The summed E-state index contributed by atoms with van der Waals surface area (Å²) in [4.78, 5) is 21.2. The highest BCUT2D eigenvalue weighted by molar-refractivity contribution is 6.40. The van der Waals surface area contributed by atoms with Gasteiger partial charge in [-0.1, -0.05) is 40.9 Å². The second kappa shape index (κ2) is 7.19. The van der Waals surface area contributed by atoms with Crippen molar-refractivity contribution in [2.45, 2.75) is 0 Å². The van der Waals surface area contributed by atoms with Gasteiger partial charge in [0.05, 0.1) is 43.9 Å². The van der Waals surface area contributed by atoms with E-state index in [1.54, 1.807) is 55.2 Å². The number of nitrogens with zero attached hydrogens (tertiary/aromatic N) is 3. The summed E-state index contributed by atoms with van der Waals surface area (Å²) in [7, 11) is 0. The van der Waals surface area contributed by atoms with Gasteiger partial charge in [-0.2, -0.15) is 0 Å². The summed E-state index contributed by atoms with van der Waals surface area (Å²) in [6.07, 6.45) is 6.79. The Bertz CT molecular complexity index is 1140. The Labute approximate surface area is 169 Å². The van der Waals surface area contributed by atoms with E-state index in [0.29, 0.717) is 21.6 Å². The second-order valence-electron chi connectivity index (χ2n) is 5.67. The predicted octanol–water partition coefficient (Wildman–Crippen LogP) is 5.63. The molecule has 27 heavy (non-hydrogen) atoms. The number of carbonyl (C=O) groups is 1. The molecule has 8 heteroatoms. The molecule has 0 atom stereocenters. The van der Waals surface area contributed by atoms with E-state index in [2.05, 4.69) is 15.3 Å². The number of anilines is 1. The van der Waals surface area contributed by atoms with Crippen LogP contribution in [0.25, 0.3) is 16.6 Å². The number of pyridine rings is 1. The van der Waals surface area contributed by atoms with Crippen LogP contribution >= 0.6 is 34.8 Å². The first-order valence-electron chi connectivity index (χ1n) is 7.87. The van der Waals surface area contributed by atoms with Crippen LogP contribution in [0.15, 0.2) is 61.3 Å². The molecule has 4 rings (SSSR count). The third-order valence-electron chi connectivity index (χ3n) is 4.04. The number of amides is 1. The summed E-state index contributed by atoms with van der Waals surface area (Å²) in [5.74, 6) is -0.427. The minimum atomic E-state index is -0.427. The zero-order valence-electron chi connectivity index (χ0n) is 13.7. The number of imidazole rings is 1. The van der Waals surface area contributed by atoms with Gasteiger partial charge in [0.25, 0.3) is 5.91 Å². The molecule has 0 fully saturated rings. The molecule has 0 unspecified atom stereocenters. The van der Waals surface area contributed by atoms with Crippen molar-refractivity contribution in [3.63, 3.8) is 0 Å². The number of carbonyl (C=O) groups excluding carboxylic acids is 1. The molecule has 2 aromatic carbocycles. The van der Waals surface area contributed by atoms with Gasteiger partial charge in [0, 0.05) is 24.0 Å². The summed E-state index contributed by atoms with van der Waals surface area (Å²) in [5.41, 5.74) is 2.05. The fourth-order valence-electron chi connectivity index (χ4n) is 2.83. The zero-order valence-corrected chi connectivity index (χ0v) is 15.9. The smallest absolute Gasteiger partial charge is 0.258 e. The van der Waals surface area contributed by atoms with E-state index in [-0.39, 0.29) is 15.6 Å². The summed E-state index contributed by atoms with van der Waals surface area (Å²) in [6, 6.07) is 10.1. The molecule has 0 saturated heterocycles. The van der Waals surface area contributed by atoms with Crippen LogP contribution < -0.4 is 5.32 Å². The number of aromatic nitrogens is 3. The van der Waals surface area contributed by atoms with E-state index in [1.165, 1.54) is 0 Å². The summed E-state index contributed by atoms with van der Waals surface area (Å²) in [6.45, 7) is 0. The molecule has 0 aliphatic rings. The molecular weight excluding hydrogens is 407 g/mol. The maximum Gasteiger partial charge on any atom is 0.258 e. The van der Waals surface area contributed by atoms with Crippen molar-refractivity contribution in [1.82, 2.24) is 14.5 Å². The minimum absolute atomic E-state index is 0.203. The van der Waals surface area contributed by atoms with Gasteiger partial charge >= 0.3 is 0 Å². The lowest BCUT2D eigenvalue weighted by molar-refractivity contribution is 0.102. The summed E-state index contributed by atoms with van der Waals surface area (Å²) < 4.78 is 1.83. The van der Waals surface area contributed by atoms with Crippen molar-refractivity contribution in [1.29, 1.82) is 0 Å². The average molecular weight is 418 g/mol. The largest absolute Gasteiger partial charge is 0.320 e. The summed E-state index contributed by atoms with van der Waals surface area (Å²) in [5, 5.41) is 4.57. The van der Waals surface area contributed by atoms with Gasteiger partial charge in [-0.3, -0.25) is 9.78 Å². The van der Waals surface area contributed by atoms with Crippen molar-refractivity contribution in [3.05, 3.63) is 81.9 Å². The van der Waals surface area contributed by atoms with Gasteiger partial charge in [-0.05, 0) is 30.3 Å². The number of nitrogens with one attached hydrogen (secondary N) is 1. The minimum Gasteiger partial charge on any atom is -0.320 e. The molecule has 0 aliphatic carbocycles. The molecule has 4 aromatic rings. The molecule has 0 aliphatic heterocycles. The van der Waals surface area contributed by atoms with Crippen molar-refractivity contribution >= 4 is 57.3 Å². The molecule has 2 aromatic heterocycles. The molecule has 0 spiro atoms. The standard InChI is InChI=1S/C19H11Cl3N4O/c20-11-2-1-3-12(21)16(11)19(27)25-14-5-4-13(22)17-15(6-7-24-18(14)17)26-9-8-23-10-26/h1-10H,(H,25,27). The second-order valence-corrected chi connectivity index (χ2v) is 6.89. The van der Waals surface area contributed by atoms with Gasteiger partial charge in [0.1, 0.15) is 0 Å². The highest BCUT2D eigenvalue weighted by Gasteiger charge is 2.18. The van der Waals surface area contributed by atoms with E-state index in [1.807, 2.05) is 10.6 Å². The Morgan fingerprint density at radius 3 is 2.44 bits per heavy atom. The van der Waals surface area contributed by atoms with Gasteiger partial charge in [-0.15, -0.1) is 0 Å². The van der Waals surface area contributed by atoms with Crippen LogP contribution in [0.1, 0.15) is 10.4 Å². The quantitative estimate of drug-likeness (QED) is 0.470. The Morgan fingerprint density at radius 2 is 1.74 bits per heavy atom. The maximum atomic E-state index is 12.7. The normalized spacial score (nSPS) is 10.9. The van der Waals surface area contributed by atoms with E-state index in [0.717, 1.165) is 5.69 Å². The Balaban J connectivity index is 1.83. The Hall–Kier alpha value is -2.60. The van der Waals surface area contributed by atoms with Crippen molar-refractivity contribution < 1.29 is 4.79 Å². The number of hydrogen-bond donors (Lipinski definition) is 1. The predicted molar refractivity (Wildman–Crippen MR) is 108 cm³/mol. The highest BCUT2D eigenvalue weighted by Crippen LogP contribution is 2.34. The van der Waals surface area contributed by atoms with E-state index in [9.17, 15) is 4.79 Å². The number of halogens is 3. The highest BCUT2D eigenvalue weighted by atomic mass is 35.5. The van der Waals surface area contributed by atoms with E-state index >= 15 is 0 Å². The lowest BCUT2D eigenvalue weighted by Gasteiger charge is -2.13. The molecule has 5 nitrogen and oxygen atoms in total. The van der Waals surface area contributed by atoms with Crippen LogP contribution in [0.2, 0.25) is 15.1 Å². The molecule has 134 valence electrons. The van der Waals surface area contributed by atoms with E-state index in [4.69, 9.17) is 34.8 Å². The van der Waals surface area contributed by atoms with Crippen LogP contribution in [0.4, 0.5) is 5.69 Å². The molecule has 0 radical (unpaired) electrons. The van der Waals surface area contributed by atoms with Crippen molar-refractivity contribution in [2.75, 3.05) is 5.32 Å². The third kappa shape index (κ3) is 3.25. The molecule has 1 amide bonds. The molecule has 0 saturated carbocycles. The monoisotopic (exact) mass is 416 g/mol. The molecular formula is C19H11Cl3N4O. The fourth-order valence-corrected chi connectivity index (χ4v) is 3.65. The van der Waals surface area contributed by atoms with Crippen LogP contribution in [-0.2, 0) is 0 Å². The van der Waals surface area contributed by atoms with Crippen LogP contribution in [0, 0.1) is 0 Å². The van der Waals surface area contributed by atoms with Crippen LogP contribution in [-0.4, -0.2) is 20.4 Å². The molecule has 2 heterocycles. The summed E-state index contributed by atoms with van der Waals surface area (Å²) >= 11 is 18.7. The Kier molecular flexibility index (Phi) is 4.74. The van der Waals surface area contributed by atoms with Crippen LogP contribution in [0.5, 0.6) is 0 Å². The van der Waals surface area contributed by atoms with Crippen molar-refractivity contribution in [2.24, 2.45) is 0 Å². The average Bonchev–Trinajstić information content (AvgIpc) is 3.18. The number of hydrogen-bond acceptors (Lipinski definition) is 3. The van der Waals surface area contributed by atoms with Gasteiger partial charge in [0.2, 0.25) is 0 Å². The number of benzene rings is 2. The Morgan fingerprint density at radius 1 is 0.963 bits per heavy atom. The first kappa shape index (κ1) is 17.8. The molecule has 0 bridgehead atoms. The van der Waals surface area contributed by atoms with Crippen molar-refractivity contribution in [3.8, 4) is 5.69 Å². The third-order valence-corrected chi connectivity index (χ3v) is 4.98. The van der Waals surface area contributed by atoms with Gasteiger partial charge in [0.15, 0.2) is 0 Å². The topological polar surface area (TPSA) is 59.8 Å². The SMILES string of the molecule is O=C(Nc1ccc(Cl)c2c(-n3ccnc3)ccnc12)c1c(Cl)cccc1Cl. The first-order chi connectivity index (χ1) is 13.1. The number of rotatable bonds is 3. The number of fused-ring (bicyclic) bond motifs is 1. The molecule has 1 N–H and O–H groups in total. The van der Waals surface area contributed by atoms with Gasteiger partial charge in [-0.25, -0.2) is 4.98 Å². The fraction of sp³-hybridized carbons (Fsp3) is 0. The maximum absolute atomic E-state index is 12.7. The lowest BCUT2D eigenvalue weighted by atomic mass is 10.1. The van der Waals surface area contributed by atoms with E-state index < -0.39 is 5.91 Å². The first-order valence-corrected chi connectivity index (χ1v) is 9.00. The lowest BCUT2D eigenvalue weighted by Crippen LogP contribution is -2.14. The van der Waals surface area contributed by atoms with Crippen LogP contribution in [0.3, 0.4) is 0 Å². The van der Waals surface area contributed by atoms with Gasteiger partial charge < -0.3 is 9.88 Å².